The summed E-state index contributed by atoms with van der Waals surface area (Å²) in [4.78, 5) is 4.90. The summed E-state index contributed by atoms with van der Waals surface area (Å²) >= 11 is 0. The quantitative estimate of drug-likeness (QED) is 0.456. The molecule has 0 saturated carbocycles. The van der Waals surface area contributed by atoms with Crippen LogP contribution in [0.2, 0.25) is 0 Å². The number of aromatic nitrogens is 1. The standard InChI is InChI=1S/C27H33N/c1-7-18(8-2)20-11-9-10-12-21(20)25-22-16-24-23(15-19(22)13-14-28-25)26(3,4)17-27(24,5)6/h9-16,18H,7-8,17H2,1-6H3. The van der Waals surface area contributed by atoms with Crippen molar-refractivity contribution in [3.8, 4) is 11.3 Å². The van der Waals surface area contributed by atoms with Gasteiger partial charge in [0.15, 0.2) is 0 Å². The largest absolute Gasteiger partial charge is 0.256 e. The minimum atomic E-state index is 0.203. The Bertz CT molecular complexity index is 1020. The Hall–Kier alpha value is -2.15. The van der Waals surface area contributed by atoms with Crippen molar-refractivity contribution in [3.63, 3.8) is 0 Å². The van der Waals surface area contributed by atoms with Gasteiger partial charge >= 0.3 is 0 Å². The number of rotatable bonds is 4. The molecule has 0 fully saturated rings. The minimum Gasteiger partial charge on any atom is -0.256 e. The zero-order chi connectivity index (χ0) is 20.1. The Balaban J connectivity index is 1.99. The molecule has 0 unspecified atom stereocenters. The first-order chi connectivity index (χ1) is 13.3. The van der Waals surface area contributed by atoms with Gasteiger partial charge in [0.1, 0.15) is 0 Å². The Morgan fingerprint density at radius 3 is 2.21 bits per heavy atom. The summed E-state index contributed by atoms with van der Waals surface area (Å²) in [6.45, 7) is 14.1. The summed E-state index contributed by atoms with van der Waals surface area (Å²) in [5, 5.41) is 2.61. The van der Waals surface area contributed by atoms with E-state index < -0.39 is 0 Å². The Morgan fingerprint density at radius 1 is 0.893 bits per heavy atom. The lowest BCUT2D eigenvalue weighted by Crippen LogP contribution is -2.17. The zero-order valence-corrected chi connectivity index (χ0v) is 18.3. The summed E-state index contributed by atoms with van der Waals surface area (Å²) in [6, 6.07) is 16.0. The van der Waals surface area contributed by atoms with Crippen LogP contribution < -0.4 is 0 Å². The molecule has 0 saturated heterocycles. The molecule has 3 aromatic rings. The second kappa shape index (κ2) is 6.72. The third kappa shape index (κ3) is 2.96. The predicted molar refractivity (Wildman–Crippen MR) is 121 cm³/mol. The van der Waals surface area contributed by atoms with E-state index in [-0.39, 0.29) is 10.8 Å². The maximum Gasteiger partial charge on any atom is 0.0783 e. The van der Waals surface area contributed by atoms with Crippen LogP contribution >= 0.6 is 0 Å². The molecule has 28 heavy (non-hydrogen) atoms. The number of pyridine rings is 1. The lowest BCUT2D eigenvalue weighted by Gasteiger charge is -2.22. The van der Waals surface area contributed by atoms with E-state index in [0.29, 0.717) is 5.92 Å². The number of nitrogens with zero attached hydrogens (tertiary/aromatic N) is 1. The van der Waals surface area contributed by atoms with Crippen molar-refractivity contribution in [1.82, 2.24) is 4.98 Å². The molecule has 1 aliphatic carbocycles. The van der Waals surface area contributed by atoms with Gasteiger partial charge in [-0.05, 0) is 70.2 Å². The maximum atomic E-state index is 4.90. The summed E-state index contributed by atoms with van der Waals surface area (Å²) in [7, 11) is 0. The van der Waals surface area contributed by atoms with Crippen molar-refractivity contribution in [2.24, 2.45) is 0 Å². The molecule has 1 heteroatoms. The van der Waals surface area contributed by atoms with Crippen LogP contribution in [-0.4, -0.2) is 4.98 Å². The smallest absolute Gasteiger partial charge is 0.0783 e. The van der Waals surface area contributed by atoms with Crippen LogP contribution in [-0.2, 0) is 10.8 Å². The molecular weight excluding hydrogens is 338 g/mol. The molecule has 1 aliphatic rings. The third-order valence-corrected chi connectivity index (χ3v) is 6.89. The fourth-order valence-corrected chi connectivity index (χ4v) is 5.65. The van der Waals surface area contributed by atoms with Crippen LogP contribution in [0.25, 0.3) is 22.0 Å². The molecule has 1 aromatic heterocycles. The maximum absolute atomic E-state index is 4.90. The molecule has 146 valence electrons. The second-order valence-electron chi connectivity index (χ2n) is 9.82. The van der Waals surface area contributed by atoms with Crippen molar-refractivity contribution in [2.75, 3.05) is 0 Å². The highest BCUT2D eigenvalue weighted by molar-refractivity contribution is 5.96. The van der Waals surface area contributed by atoms with Crippen molar-refractivity contribution in [3.05, 3.63) is 65.4 Å². The molecule has 0 radical (unpaired) electrons. The lowest BCUT2D eigenvalue weighted by molar-refractivity contribution is 0.403. The van der Waals surface area contributed by atoms with E-state index in [4.69, 9.17) is 4.98 Å². The van der Waals surface area contributed by atoms with Crippen molar-refractivity contribution in [1.29, 1.82) is 0 Å². The van der Waals surface area contributed by atoms with Gasteiger partial charge in [-0.2, -0.15) is 0 Å². The van der Waals surface area contributed by atoms with Crippen LogP contribution in [0.3, 0.4) is 0 Å². The molecule has 0 atom stereocenters. The SMILES string of the molecule is CCC(CC)c1ccccc1-c1nccc2cc3c(cc12)C(C)(C)CC3(C)C. The fourth-order valence-electron chi connectivity index (χ4n) is 5.65. The first-order valence-electron chi connectivity index (χ1n) is 10.8. The average molecular weight is 372 g/mol. The van der Waals surface area contributed by atoms with Gasteiger partial charge in [-0.3, -0.25) is 4.98 Å². The lowest BCUT2D eigenvalue weighted by atomic mass is 9.82. The summed E-state index contributed by atoms with van der Waals surface area (Å²) in [5.41, 5.74) is 7.32. The molecule has 0 amide bonds. The van der Waals surface area contributed by atoms with Crippen LogP contribution in [0.15, 0.2) is 48.7 Å². The van der Waals surface area contributed by atoms with Crippen molar-refractivity contribution < 1.29 is 0 Å². The van der Waals surface area contributed by atoms with Gasteiger partial charge in [0.2, 0.25) is 0 Å². The van der Waals surface area contributed by atoms with E-state index in [2.05, 4.69) is 84.0 Å². The molecule has 0 N–H and O–H groups in total. The molecular formula is C27H33N. The van der Waals surface area contributed by atoms with E-state index in [0.717, 1.165) is 18.5 Å². The highest BCUT2D eigenvalue weighted by atomic mass is 14.7. The molecule has 0 bridgehead atoms. The zero-order valence-electron chi connectivity index (χ0n) is 18.3. The molecule has 1 heterocycles. The van der Waals surface area contributed by atoms with Gasteiger partial charge in [0.05, 0.1) is 5.69 Å². The van der Waals surface area contributed by atoms with E-state index in [1.807, 2.05) is 6.20 Å². The monoisotopic (exact) mass is 371 g/mol. The van der Waals surface area contributed by atoms with E-state index >= 15 is 0 Å². The molecule has 2 aromatic carbocycles. The molecule has 0 aliphatic heterocycles. The average Bonchev–Trinajstić information content (AvgIpc) is 2.85. The van der Waals surface area contributed by atoms with Crippen molar-refractivity contribution in [2.45, 2.75) is 77.6 Å². The van der Waals surface area contributed by atoms with Crippen LogP contribution in [0.5, 0.6) is 0 Å². The highest BCUT2D eigenvalue weighted by Crippen LogP contribution is 2.51. The summed E-state index contributed by atoms with van der Waals surface area (Å²) < 4.78 is 0. The Kier molecular flexibility index (Phi) is 4.61. The van der Waals surface area contributed by atoms with Gasteiger partial charge in [-0.1, -0.05) is 71.9 Å². The van der Waals surface area contributed by atoms with Gasteiger partial charge in [-0.15, -0.1) is 0 Å². The van der Waals surface area contributed by atoms with Crippen LogP contribution in [0, 0.1) is 0 Å². The van der Waals surface area contributed by atoms with Gasteiger partial charge < -0.3 is 0 Å². The summed E-state index contributed by atoms with van der Waals surface area (Å²) in [5.74, 6) is 0.582. The molecule has 0 spiro atoms. The normalized spacial score (nSPS) is 17.2. The fraction of sp³-hybridized carbons (Fsp3) is 0.444. The van der Waals surface area contributed by atoms with E-state index in [9.17, 15) is 0 Å². The number of fused-ring (bicyclic) bond motifs is 2. The van der Waals surface area contributed by atoms with E-state index in [1.165, 1.54) is 39.4 Å². The third-order valence-electron chi connectivity index (χ3n) is 6.89. The minimum absolute atomic E-state index is 0.203. The van der Waals surface area contributed by atoms with Gasteiger partial charge in [0, 0.05) is 17.1 Å². The van der Waals surface area contributed by atoms with Crippen LogP contribution in [0.4, 0.5) is 0 Å². The Labute approximate surface area is 170 Å². The van der Waals surface area contributed by atoms with Gasteiger partial charge in [-0.25, -0.2) is 0 Å². The first-order valence-corrected chi connectivity index (χ1v) is 10.8. The van der Waals surface area contributed by atoms with Crippen LogP contribution in [0.1, 0.15) is 83.4 Å². The van der Waals surface area contributed by atoms with Gasteiger partial charge in [0.25, 0.3) is 0 Å². The van der Waals surface area contributed by atoms with E-state index in [1.54, 1.807) is 0 Å². The second-order valence-corrected chi connectivity index (χ2v) is 9.82. The highest BCUT2D eigenvalue weighted by Gasteiger charge is 2.42. The topological polar surface area (TPSA) is 12.9 Å². The van der Waals surface area contributed by atoms with Crippen molar-refractivity contribution >= 4 is 10.8 Å². The Morgan fingerprint density at radius 2 is 1.54 bits per heavy atom. The number of benzene rings is 2. The predicted octanol–water partition coefficient (Wildman–Crippen LogP) is 7.76. The number of hydrogen-bond donors (Lipinski definition) is 0. The number of hydrogen-bond acceptors (Lipinski definition) is 1. The summed E-state index contributed by atoms with van der Waals surface area (Å²) in [6.07, 6.45) is 5.50. The molecule has 4 rings (SSSR count). The molecule has 1 nitrogen and oxygen atoms in total. The first kappa shape index (κ1) is 19.2.